The van der Waals surface area contributed by atoms with Gasteiger partial charge in [-0.05, 0) is 48.9 Å². The number of carbonyl (C=O) groups is 1. The van der Waals surface area contributed by atoms with Crippen molar-refractivity contribution < 1.29 is 9.18 Å². The van der Waals surface area contributed by atoms with Gasteiger partial charge in [-0.25, -0.2) is 4.39 Å². The normalized spacial score (nSPS) is 16.6. The van der Waals surface area contributed by atoms with Gasteiger partial charge < -0.3 is 19.3 Å². The molecule has 2 aliphatic rings. The summed E-state index contributed by atoms with van der Waals surface area (Å²) in [5, 5.41) is 10.2. The van der Waals surface area contributed by atoms with Crippen LogP contribution in [0, 0.1) is 24.1 Å². The largest absolute Gasteiger partial charge is 0.368 e. The number of rotatable bonds is 5. The third-order valence-electron chi connectivity index (χ3n) is 7.81. The van der Waals surface area contributed by atoms with Gasteiger partial charge in [-0.2, -0.15) is 5.26 Å². The Balaban J connectivity index is 1.21. The average Bonchev–Trinajstić information content (AvgIpc) is 3.22. The fourth-order valence-corrected chi connectivity index (χ4v) is 5.65. The van der Waals surface area contributed by atoms with Crippen molar-refractivity contribution in [1.29, 1.82) is 5.26 Å². The van der Waals surface area contributed by atoms with Gasteiger partial charge >= 0.3 is 0 Å². The van der Waals surface area contributed by atoms with Gasteiger partial charge in [-0.3, -0.25) is 9.69 Å². The van der Waals surface area contributed by atoms with Crippen LogP contribution in [-0.2, 0) is 13.6 Å². The summed E-state index contributed by atoms with van der Waals surface area (Å²) in [5.74, 6) is -0.362. The van der Waals surface area contributed by atoms with Crippen molar-refractivity contribution in [2.45, 2.75) is 13.5 Å². The van der Waals surface area contributed by atoms with Crippen molar-refractivity contribution in [1.82, 2.24) is 14.4 Å². The number of nitriles is 1. The quantitative estimate of drug-likeness (QED) is 0.489. The van der Waals surface area contributed by atoms with E-state index in [9.17, 15) is 14.4 Å². The molecule has 0 aliphatic carbocycles. The Morgan fingerprint density at radius 2 is 1.61 bits per heavy atom. The molecule has 2 fully saturated rings. The monoisotopic (exact) mass is 534 g/mol. The maximum Gasteiger partial charge on any atom is 0.270 e. The number of halogens is 2. The second-order valence-corrected chi connectivity index (χ2v) is 10.4. The average molecular weight is 535 g/mol. The highest BCUT2D eigenvalue weighted by atomic mass is 35.5. The van der Waals surface area contributed by atoms with E-state index in [4.69, 9.17) is 11.6 Å². The molecule has 2 aromatic carbocycles. The number of amides is 1. The molecule has 38 heavy (non-hydrogen) atoms. The van der Waals surface area contributed by atoms with Crippen molar-refractivity contribution in [2.24, 2.45) is 7.05 Å². The second kappa shape index (κ2) is 11.1. The molecule has 1 amide bonds. The summed E-state index contributed by atoms with van der Waals surface area (Å²) >= 11 is 6.39. The van der Waals surface area contributed by atoms with Gasteiger partial charge in [0.1, 0.15) is 17.6 Å². The molecule has 0 saturated carbocycles. The fourth-order valence-electron chi connectivity index (χ4n) is 5.40. The molecule has 2 saturated heterocycles. The molecule has 1 aromatic heterocycles. The van der Waals surface area contributed by atoms with Crippen molar-refractivity contribution in [3.8, 4) is 6.07 Å². The third kappa shape index (κ3) is 5.22. The number of nitrogens with zero attached hydrogens (tertiary/aromatic N) is 6. The van der Waals surface area contributed by atoms with E-state index in [2.05, 4.69) is 28.9 Å². The highest BCUT2D eigenvalue weighted by Gasteiger charge is 2.27. The summed E-state index contributed by atoms with van der Waals surface area (Å²) in [6, 6.07) is 16.3. The van der Waals surface area contributed by atoms with E-state index in [1.54, 1.807) is 0 Å². The number of benzene rings is 2. The van der Waals surface area contributed by atoms with Crippen molar-refractivity contribution >= 4 is 28.9 Å². The summed E-state index contributed by atoms with van der Waals surface area (Å²) in [6.45, 7) is 8.67. The standard InChI is InChI=1S/C29H32ClFN6O/c1-21-23(20-34-9-11-35(12-10-34)26-6-4-3-5-25(26)30)17-28(33(21)2)29(38)37-15-13-36(14-16-37)27-18-24(31)8-7-22(27)19-32/h3-8,17-18H,9-16,20H2,1-2H3. The lowest BCUT2D eigenvalue weighted by atomic mass is 10.1. The van der Waals surface area contributed by atoms with Crippen LogP contribution in [0.5, 0.6) is 0 Å². The molecule has 2 aliphatic heterocycles. The van der Waals surface area contributed by atoms with Crippen molar-refractivity contribution in [3.05, 3.63) is 81.9 Å². The van der Waals surface area contributed by atoms with Gasteiger partial charge in [0.05, 0.1) is 22.0 Å². The van der Waals surface area contributed by atoms with Crippen molar-refractivity contribution in [2.75, 3.05) is 62.2 Å². The van der Waals surface area contributed by atoms with E-state index < -0.39 is 0 Å². The van der Waals surface area contributed by atoms with Crippen molar-refractivity contribution in [3.63, 3.8) is 0 Å². The van der Waals surface area contributed by atoms with Crippen LogP contribution in [0.2, 0.25) is 5.02 Å². The molecule has 0 bridgehead atoms. The lowest BCUT2D eigenvalue weighted by Crippen LogP contribution is -2.49. The Kier molecular flexibility index (Phi) is 7.59. The molecule has 0 radical (unpaired) electrons. The molecule has 3 aromatic rings. The summed E-state index contributed by atoms with van der Waals surface area (Å²) in [6.07, 6.45) is 0. The molecule has 198 valence electrons. The lowest BCUT2D eigenvalue weighted by molar-refractivity contribution is 0.0737. The molecular formula is C29H32ClFN6O. The highest BCUT2D eigenvalue weighted by molar-refractivity contribution is 6.33. The number of hydrogen-bond donors (Lipinski definition) is 0. The molecule has 5 rings (SSSR count). The number of carbonyl (C=O) groups excluding carboxylic acids is 1. The molecule has 0 unspecified atom stereocenters. The van der Waals surface area contributed by atoms with Crippen LogP contribution in [0.15, 0.2) is 48.5 Å². The molecule has 7 nitrogen and oxygen atoms in total. The van der Waals surface area contributed by atoms with Crippen LogP contribution >= 0.6 is 11.6 Å². The first-order chi connectivity index (χ1) is 18.4. The number of piperazine rings is 2. The van der Waals surface area contributed by atoms with Crippen LogP contribution in [-0.4, -0.2) is 72.6 Å². The van der Waals surface area contributed by atoms with Crippen LogP contribution in [0.1, 0.15) is 27.3 Å². The minimum atomic E-state index is -0.366. The Bertz CT molecular complexity index is 1370. The third-order valence-corrected chi connectivity index (χ3v) is 8.13. The van der Waals surface area contributed by atoms with Crippen LogP contribution in [0.3, 0.4) is 0 Å². The fraction of sp³-hybridized carbons (Fsp3) is 0.379. The molecule has 0 atom stereocenters. The maximum absolute atomic E-state index is 13.8. The minimum absolute atomic E-state index is 0.00443. The molecule has 0 spiro atoms. The highest BCUT2D eigenvalue weighted by Crippen LogP contribution is 2.27. The molecule has 3 heterocycles. The second-order valence-electron chi connectivity index (χ2n) is 9.97. The Labute approximate surface area is 228 Å². The van der Waals surface area contributed by atoms with Gasteiger partial charge in [-0.1, -0.05) is 23.7 Å². The molecule has 0 N–H and O–H groups in total. The zero-order valence-corrected chi connectivity index (χ0v) is 22.6. The summed E-state index contributed by atoms with van der Waals surface area (Å²) in [4.78, 5) is 22.1. The van der Waals surface area contributed by atoms with Gasteiger partial charge in [0.2, 0.25) is 0 Å². The Hall–Kier alpha value is -3.54. The summed E-state index contributed by atoms with van der Waals surface area (Å²) in [7, 11) is 1.95. The topological polar surface area (TPSA) is 58.8 Å². The smallest absolute Gasteiger partial charge is 0.270 e. The Morgan fingerprint density at radius 3 is 2.29 bits per heavy atom. The first-order valence-electron chi connectivity index (χ1n) is 13.0. The SMILES string of the molecule is Cc1c(CN2CCN(c3ccccc3Cl)CC2)cc(C(=O)N2CCN(c3cc(F)ccc3C#N)CC2)n1C. The van der Waals surface area contributed by atoms with Crippen LogP contribution in [0.25, 0.3) is 0 Å². The molecule has 9 heteroatoms. The van der Waals surface area contributed by atoms with Gasteiger partial charge in [0.25, 0.3) is 5.91 Å². The summed E-state index contributed by atoms with van der Waals surface area (Å²) < 4.78 is 15.8. The number of hydrogen-bond acceptors (Lipinski definition) is 5. The lowest BCUT2D eigenvalue weighted by Gasteiger charge is -2.36. The van der Waals surface area contributed by atoms with E-state index >= 15 is 0 Å². The van der Waals surface area contributed by atoms with E-state index in [1.165, 1.54) is 23.8 Å². The first-order valence-corrected chi connectivity index (χ1v) is 13.3. The first kappa shape index (κ1) is 26.1. The van der Waals surface area contributed by atoms with Crippen LogP contribution < -0.4 is 9.80 Å². The number of anilines is 2. The van der Waals surface area contributed by atoms with Crippen LogP contribution in [0.4, 0.5) is 15.8 Å². The maximum atomic E-state index is 13.8. The number of aromatic nitrogens is 1. The van der Waals surface area contributed by atoms with Gasteiger partial charge in [0.15, 0.2) is 0 Å². The Morgan fingerprint density at radius 1 is 0.947 bits per heavy atom. The zero-order valence-electron chi connectivity index (χ0n) is 21.8. The number of para-hydroxylation sites is 1. The minimum Gasteiger partial charge on any atom is -0.368 e. The van der Waals surface area contributed by atoms with E-state index in [0.717, 1.165) is 49.1 Å². The van der Waals surface area contributed by atoms with E-state index in [0.29, 0.717) is 43.1 Å². The van der Waals surface area contributed by atoms with Gasteiger partial charge in [-0.15, -0.1) is 0 Å². The zero-order chi connectivity index (χ0) is 26.8. The predicted molar refractivity (Wildman–Crippen MR) is 148 cm³/mol. The van der Waals surface area contributed by atoms with Gasteiger partial charge in [0, 0.05) is 71.6 Å². The van der Waals surface area contributed by atoms with E-state index in [1.807, 2.05) is 45.7 Å². The van der Waals surface area contributed by atoms with E-state index in [-0.39, 0.29) is 11.7 Å². The molecular weight excluding hydrogens is 503 g/mol. The predicted octanol–water partition coefficient (Wildman–Crippen LogP) is 4.28. The summed E-state index contributed by atoms with van der Waals surface area (Å²) in [5.41, 5.74) is 5.06.